The summed E-state index contributed by atoms with van der Waals surface area (Å²) in [6, 6.07) is 25.7. The van der Waals surface area contributed by atoms with Crippen LogP contribution in [-0.4, -0.2) is 22.5 Å². The Bertz CT molecular complexity index is 1080. The minimum absolute atomic E-state index is 0.106. The molecular formula is C28H29NO3. The zero-order valence-corrected chi connectivity index (χ0v) is 18.4. The number of carbonyl (C=O) groups is 1. The molecule has 4 rings (SSSR count). The molecule has 1 amide bonds. The number of para-hydroxylation sites is 1. The number of benzene rings is 3. The van der Waals surface area contributed by atoms with E-state index in [2.05, 4.69) is 12.1 Å². The van der Waals surface area contributed by atoms with Crippen LogP contribution in [0.4, 0.5) is 0 Å². The Morgan fingerprint density at radius 2 is 1.72 bits per heavy atom. The fourth-order valence-electron chi connectivity index (χ4n) is 4.39. The van der Waals surface area contributed by atoms with E-state index >= 15 is 0 Å². The van der Waals surface area contributed by atoms with E-state index in [1.54, 1.807) is 12.3 Å². The molecule has 1 heterocycles. The number of amides is 1. The van der Waals surface area contributed by atoms with Gasteiger partial charge in [-0.15, -0.1) is 0 Å². The summed E-state index contributed by atoms with van der Waals surface area (Å²) >= 11 is 0. The lowest BCUT2D eigenvalue weighted by Gasteiger charge is -2.33. The minimum Gasteiger partial charge on any atom is -0.508 e. The number of hydrogen-bond acceptors (Lipinski definition) is 3. The second-order valence-corrected chi connectivity index (χ2v) is 8.10. The first kappa shape index (κ1) is 21.7. The molecule has 0 radical (unpaired) electrons. The SMILES string of the molecule is CCC(=O)N(CCC(c1ccccc1O)C1OC=Cc2ccccc21)Cc1ccccc1. The van der Waals surface area contributed by atoms with Crippen LogP contribution in [0.5, 0.6) is 5.75 Å². The number of fused-ring (bicyclic) bond motifs is 1. The summed E-state index contributed by atoms with van der Waals surface area (Å²) in [6.45, 7) is 3.04. The van der Waals surface area contributed by atoms with Crippen LogP contribution >= 0.6 is 0 Å². The third kappa shape index (κ3) is 4.86. The normalized spacial score (nSPS) is 15.5. The lowest BCUT2D eigenvalue weighted by molar-refractivity contribution is -0.131. The molecule has 164 valence electrons. The Morgan fingerprint density at radius 3 is 2.50 bits per heavy atom. The molecule has 0 bridgehead atoms. The summed E-state index contributed by atoms with van der Waals surface area (Å²) < 4.78 is 6.12. The molecule has 1 N–H and O–H groups in total. The Kier molecular flexibility index (Phi) is 6.90. The summed E-state index contributed by atoms with van der Waals surface area (Å²) in [5.41, 5.74) is 4.16. The maximum absolute atomic E-state index is 12.7. The molecule has 4 heteroatoms. The summed E-state index contributed by atoms with van der Waals surface area (Å²) in [6.07, 6.45) is 4.59. The zero-order chi connectivity index (χ0) is 22.3. The van der Waals surface area contributed by atoms with Crippen LogP contribution < -0.4 is 0 Å². The molecule has 3 aromatic carbocycles. The second-order valence-electron chi connectivity index (χ2n) is 8.10. The van der Waals surface area contributed by atoms with Crippen molar-refractivity contribution < 1.29 is 14.6 Å². The Balaban J connectivity index is 1.63. The molecule has 2 atom stereocenters. The molecule has 0 fully saturated rings. The number of aromatic hydroxyl groups is 1. The number of rotatable bonds is 8. The van der Waals surface area contributed by atoms with Crippen LogP contribution in [0.3, 0.4) is 0 Å². The van der Waals surface area contributed by atoms with Gasteiger partial charge in [-0.1, -0.05) is 79.7 Å². The van der Waals surface area contributed by atoms with Gasteiger partial charge < -0.3 is 14.7 Å². The zero-order valence-electron chi connectivity index (χ0n) is 18.4. The standard InChI is InChI=1S/C28H29NO3/c1-2-27(31)29(20-21-10-4-3-5-11-21)18-16-25(24-14-8-9-15-26(24)30)28-23-13-7-6-12-22(23)17-19-32-28/h3-15,17,19,25,28,30H,2,16,18,20H2,1H3. The Morgan fingerprint density at radius 1 is 1.00 bits per heavy atom. The molecule has 32 heavy (non-hydrogen) atoms. The smallest absolute Gasteiger partial charge is 0.222 e. The summed E-state index contributed by atoms with van der Waals surface area (Å²) in [5, 5.41) is 10.7. The molecular weight excluding hydrogens is 398 g/mol. The van der Waals surface area contributed by atoms with Gasteiger partial charge in [-0.25, -0.2) is 0 Å². The largest absolute Gasteiger partial charge is 0.508 e. The van der Waals surface area contributed by atoms with E-state index in [-0.39, 0.29) is 23.7 Å². The van der Waals surface area contributed by atoms with Crippen LogP contribution in [0, 0.1) is 0 Å². The highest BCUT2D eigenvalue weighted by Gasteiger charge is 2.31. The summed E-state index contributed by atoms with van der Waals surface area (Å²) in [4.78, 5) is 14.7. The highest BCUT2D eigenvalue weighted by Crippen LogP contribution is 2.43. The van der Waals surface area contributed by atoms with Gasteiger partial charge in [0.25, 0.3) is 0 Å². The number of carbonyl (C=O) groups excluding carboxylic acids is 1. The van der Waals surface area contributed by atoms with Crippen LogP contribution in [0.1, 0.15) is 54.0 Å². The van der Waals surface area contributed by atoms with Crippen LogP contribution in [0.25, 0.3) is 6.08 Å². The fraction of sp³-hybridized carbons (Fsp3) is 0.250. The molecule has 0 saturated heterocycles. The van der Waals surface area contributed by atoms with Crippen LogP contribution in [0.2, 0.25) is 0 Å². The first-order chi connectivity index (χ1) is 15.7. The first-order valence-electron chi connectivity index (χ1n) is 11.2. The van der Waals surface area contributed by atoms with E-state index in [1.807, 2.05) is 78.6 Å². The fourth-order valence-corrected chi connectivity index (χ4v) is 4.39. The molecule has 2 unspecified atom stereocenters. The van der Waals surface area contributed by atoms with Crippen molar-refractivity contribution >= 4 is 12.0 Å². The molecule has 0 aromatic heterocycles. The maximum Gasteiger partial charge on any atom is 0.222 e. The van der Waals surface area contributed by atoms with E-state index in [9.17, 15) is 9.90 Å². The third-order valence-electron chi connectivity index (χ3n) is 6.06. The highest BCUT2D eigenvalue weighted by molar-refractivity contribution is 5.75. The lowest BCUT2D eigenvalue weighted by Crippen LogP contribution is -2.32. The topological polar surface area (TPSA) is 49.8 Å². The van der Waals surface area contributed by atoms with Gasteiger partial charge in [-0.05, 0) is 29.7 Å². The van der Waals surface area contributed by atoms with Gasteiger partial charge in [0.2, 0.25) is 5.91 Å². The average molecular weight is 428 g/mol. The van der Waals surface area contributed by atoms with E-state index in [4.69, 9.17) is 4.74 Å². The van der Waals surface area contributed by atoms with Crippen molar-refractivity contribution in [3.05, 3.63) is 107 Å². The van der Waals surface area contributed by atoms with Gasteiger partial charge in [0, 0.05) is 36.6 Å². The van der Waals surface area contributed by atoms with E-state index in [1.165, 1.54) is 0 Å². The molecule has 1 aliphatic heterocycles. The first-order valence-corrected chi connectivity index (χ1v) is 11.2. The van der Waals surface area contributed by atoms with Gasteiger partial charge in [-0.2, -0.15) is 0 Å². The predicted molar refractivity (Wildman–Crippen MR) is 127 cm³/mol. The number of nitrogens with zero attached hydrogens (tertiary/aromatic N) is 1. The molecule has 1 aliphatic rings. The maximum atomic E-state index is 12.7. The van der Waals surface area contributed by atoms with Crippen molar-refractivity contribution in [2.75, 3.05) is 6.54 Å². The van der Waals surface area contributed by atoms with Gasteiger partial charge in [0.05, 0.1) is 6.26 Å². The van der Waals surface area contributed by atoms with Crippen molar-refractivity contribution in [1.29, 1.82) is 0 Å². The minimum atomic E-state index is -0.236. The number of hydrogen-bond donors (Lipinski definition) is 1. The number of ether oxygens (including phenoxy) is 1. The summed E-state index contributed by atoms with van der Waals surface area (Å²) in [7, 11) is 0. The van der Waals surface area contributed by atoms with Gasteiger partial charge in [0.15, 0.2) is 0 Å². The van der Waals surface area contributed by atoms with Gasteiger partial charge in [0.1, 0.15) is 11.9 Å². The predicted octanol–water partition coefficient (Wildman–Crippen LogP) is 6.05. The second kappa shape index (κ2) is 10.2. The van der Waals surface area contributed by atoms with Gasteiger partial charge >= 0.3 is 0 Å². The Labute approximate surface area is 189 Å². The van der Waals surface area contributed by atoms with E-state index < -0.39 is 0 Å². The van der Waals surface area contributed by atoms with Crippen molar-refractivity contribution in [2.45, 2.75) is 38.3 Å². The lowest BCUT2D eigenvalue weighted by atomic mass is 9.83. The van der Waals surface area contributed by atoms with E-state index in [0.29, 0.717) is 25.9 Å². The van der Waals surface area contributed by atoms with E-state index in [0.717, 1.165) is 22.3 Å². The van der Waals surface area contributed by atoms with Crippen molar-refractivity contribution in [3.63, 3.8) is 0 Å². The van der Waals surface area contributed by atoms with Crippen molar-refractivity contribution in [3.8, 4) is 5.75 Å². The van der Waals surface area contributed by atoms with Crippen LogP contribution in [-0.2, 0) is 16.1 Å². The monoisotopic (exact) mass is 427 g/mol. The quantitative estimate of drug-likeness (QED) is 0.476. The summed E-state index contributed by atoms with van der Waals surface area (Å²) in [5.74, 6) is 0.268. The number of phenols is 1. The molecule has 4 nitrogen and oxygen atoms in total. The van der Waals surface area contributed by atoms with Crippen molar-refractivity contribution in [1.82, 2.24) is 4.90 Å². The van der Waals surface area contributed by atoms with Gasteiger partial charge in [-0.3, -0.25) is 4.79 Å². The Hall–Kier alpha value is -3.53. The molecule has 3 aromatic rings. The van der Waals surface area contributed by atoms with Crippen LogP contribution in [0.15, 0.2) is 85.1 Å². The molecule has 0 aliphatic carbocycles. The molecule has 0 saturated carbocycles. The van der Waals surface area contributed by atoms with Crippen molar-refractivity contribution in [2.24, 2.45) is 0 Å². The third-order valence-corrected chi connectivity index (χ3v) is 6.06. The number of phenolic OH excluding ortho intramolecular Hbond substituents is 1. The molecule has 0 spiro atoms. The average Bonchev–Trinajstić information content (AvgIpc) is 2.84. The highest BCUT2D eigenvalue weighted by atomic mass is 16.5.